The minimum Gasteiger partial charge on any atom is -0.298 e. The first-order chi connectivity index (χ1) is 8.67. The number of ketones is 1. The lowest BCUT2D eigenvalue weighted by Crippen LogP contribution is -2.13. The lowest BCUT2D eigenvalue weighted by Gasteiger charge is -2.19. The third kappa shape index (κ3) is 6.56. The van der Waals surface area contributed by atoms with Crippen LogP contribution in [0.5, 0.6) is 0 Å². The molecular weight excluding hydrogens is 268 g/mol. The van der Waals surface area contributed by atoms with Crippen molar-refractivity contribution in [3.63, 3.8) is 0 Å². The maximum absolute atomic E-state index is 12.2. The van der Waals surface area contributed by atoms with E-state index in [2.05, 4.69) is 0 Å². The van der Waals surface area contributed by atoms with Gasteiger partial charge in [-0.2, -0.15) is 0 Å². The molecule has 0 fully saturated rings. The van der Waals surface area contributed by atoms with Gasteiger partial charge in [0.05, 0.1) is 0 Å². The number of aldehydes is 1. The molecule has 3 heteroatoms. The predicted octanol–water partition coefficient (Wildman–Crippen LogP) is 5.05. The van der Waals surface area contributed by atoms with Crippen molar-refractivity contribution in [1.29, 1.82) is 0 Å². The summed E-state index contributed by atoms with van der Waals surface area (Å²) in [6.45, 7) is 12.0. The molecule has 0 spiro atoms. The second-order valence-electron chi connectivity index (χ2n) is 5.96. The summed E-state index contributed by atoms with van der Waals surface area (Å²) >= 11 is 1.56. The van der Waals surface area contributed by atoms with Crippen LogP contribution in [0, 0.1) is 11.3 Å². The number of thioether (sulfide) groups is 1. The van der Waals surface area contributed by atoms with Crippen LogP contribution in [0.15, 0.2) is 22.1 Å². The van der Waals surface area contributed by atoms with Crippen LogP contribution in [0.2, 0.25) is 0 Å². The van der Waals surface area contributed by atoms with Crippen LogP contribution in [0.4, 0.5) is 0 Å². The van der Waals surface area contributed by atoms with Gasteiger partial charge in [-0.15, -0.1) is 11.8 Å². The summed E-state index contributed by atoms with van der Waals surface area (Å²) in [5.41, 5.74) is 1.00. The number of allylic oxidation sites excluding steroid dienone is 4. The second-order valence-corrected chi connectivity index (χ2v) is 6.81. The van der Waals surface area contributed by atoms with E-state index in [9.17, 15) is 9.59 Å². The summed E-state index contributed by atoms with van der Waals surface area (Å²) in [6.07, 6.45) is 5.08. The first-order valence-electron chi connectivity index (χ1n) is 6.67. The summed E-state index contributed by atoms with van der Waals surface area (Å²) < 4.78 is 0. The summed E-state index contributed by atoms with van der Waals surface area (Å²) in [7, 11) is 0. The Kier molecular flexibility index (Phi) is 9.84. The average molecular weight is 298 g/mol. The van der Waals surface area contributed by atoms with Gasteiger partial charge in [-0.1, -0.05) is 55.0 Å². The van der Waals surface area contributed by atoms with Crippen molar-refractivity contribution in [2.24, 2.45) is 11.3 Å². The van der Waals surface area contributed by atoms with E-state index in [1.54, 1.807) is 11.8 Å². The Morgan fingerprint density at radius 3 is 2.00 bits per heavy atom. The van der Waals surface area contributed by atoms with Gasteiger partial charge in [0.1, 0.15) is 0 Å². The first-order valence-corrected chi connectivity index (χ1v) is 7.90. The molecule has 0 unspecified atom stereocenters. The van der Waals surface area contributed by atoms with Crippen molar-refractivity contribution in [3.8, 4) is 0 Å². The Labute approximate surface area is 129 Å². The molecule has 0 aliphatic carbocycles. The third-order valence-corrected chi connectivity index (χ3v) is 3.71. The van der Waals surface area contributed by atoms with E-state index in [1.807, 2.05) is 53.9 Å². The monoisotopic (exact) mass is 298 g/mol. The van der Waals surface area contributed by atoms with Gasteiger partial charge in [-0.05, 0) is 22.5 Å². The molecule has 0 rings (SSSR count). The van der Waals surface area contributed by atoms with Crippen molar-refractivity contribution >= 4 is 23.8 Å². The molecule has 0 aromatic carbocycles. The molecule has 0 atom stereocenters. The number of hydrogen-bond donors (Lipinski definition) is 0. The van der Waals surface area contributed by atoms with Crippen molar-refractivity contribution < 1.29 is 9.59 Å². The lowest BCUT2D eigenvalue weighted by molar-refractivity contribution is -0.115. The number of Topliss-reactive ketones (excluding diaryl/α,β-unsaturated/α-hetero) is 1. The smallest absolute Gasteiger partial charge is 0.164 e. The molecule has 0 saturated carbocycles. The molecule has 0 saturated heterocycles. The van der Waals surface area contributed by atoms with Gasteiger partial charge in [0, 0.05) is 17.6 Å². The molecule has 0 amide bonds. The molecular formula is C17H30O2S. The normalized spacial score (nSPS) is 13.7. The van der Waals surface area contributed by atoms with Gasteiger partial charge in [0.25, 0.3) is 0 Å². The second kappa shape index (κ2) is 9.17. The fourth-order valence-corrected chi connectivity index (χ4v) is 2.78. The van der Waals surface area contributed by atoms with Crippen molar-refractivity contribution in [1.82, 2.24) is 0 Å². The van der Waals surface area contributed by atoms with E-state index in [-0.39, 0.29) is 24.5 Å². The highest BCUT2D eigenvalue weighted by Gasteiger charge is 2.21. The van der Waals surface area contributed by atoms with Gasteiger partial charge in [-0.3, -0.25) is 9.59 Å². The van der Waals surface area contributed by atoms with Crippen LogP contribution in [0.3, 0.4) is 0 Å². The summed E-state index contributed by atoms with van der Waals surface area (Å²) in [5, 5.41) is 0. The molecule has 0 bridgehead atoms. The zero-order valence-corrected chi connectivity index (χ0v) is 14.0. The molecule has 0 aliphatic heterocycles. The fraction of sp³-hybridized carbons (Fsp3) is 0.647. The van der Waals surface area contributed by atoms with E-state index in [4.69, 9.17) is 0 Å². The van der Waals surface area contributed by atoms with E-state index in [0.717, 1.165) is 11.2 Å². The maximum Gasteiger partial charge on any atom is 0.164 e. The number of carbonyl (C=O) groups is 2. The zero-order valence-electron chi connectivity index (χ0n) is 13.2. The molecule has 20 heavy (non-hydrogen) atoms. The Balaban J connectivity index is 0. The van der Waals surface area contributed by atoms with Crippen LogP contribution in [0.1, 0.15) is 55.4 Å². The molecule has 0 aliphatic rings. The summed E-state index contributed by atoms with van der Waals surface area (Å²) in [5.74, 6) is 0.282. The van der Waals surface area contributed by atoms with Gasteiger partial charge in [0.2, 0.25) is 0 Å². The van der Waals surface area contributed by atoms with E-state index in [0.29, 0.717) is 17.6 Å². The largest absolute Gasteiger partial charge is 0.298 e. The predicted molar refractivity (Wildman–Crippen MR) is 91.0 cm³/mol. The Morgan fingerprint density at radius 1 is 1.25 bits per heavy atom. The quantitative estimate of drug-likeness (QED) is 0.391. The van der Waals surface area contributed by atoms with Gasteiger partial charge >= 0.3 is 0 Å². The molecule has 0 heterocycles. The van der Waals surface area contributed by atoms with E-state index < -0.39 is 0 Å². The van der Waals surface area contributed by atoms with Crippen LogP contribution in [-0.4, -0.2) is 18.3 Å². The van der Waals surface area contributed by atoms with Crippen LogP contribution >= 0.6 is 11.8 Å². The molecule has 2 nitrogen and oxygen atoms in total. The lowest BCUT2D eigenvalue weighted by atomic mass is 9.88. The van der Waals surface area contributed by atoms with Gasteiger partial charge in [-0.25, -0.2) is 0 Å². The Morgan fingerprint density at radius 2 is 1.75 bits per heavy atom. The Hall–Kier alpha value is -0.830. The number of carbonyl (C=O) groups excluding carboxylic acids is 2. The molecule has 0 aromatic heterocycles. The minimum atomic E-state index is -0.129. The average Bonchev–Trinajstić information content (AvgIpc) is 2.30. The summed E-state index contributed by atoms with van der Waals surface area (Å²) in [4.78, 5) is 24.7. The van der Waals surface area contributed by atoms with Crippen molar-refractivity contribution in [2.75, 3.05) is 6.26 Å². The fourth-order valence-electron chi connectivity index (χ4n) is 1.88. The van der Waals surface area contributed by atoms with Crippen LogP contribution in [-0.2, 0) is 9.59 Å². The van der Waals surface area contributed by atoms with Crippen LogP contribution in [0.25, 0.3) is 0 Å². The summed E-state index contributed by atoms with van der Waals surface area (Å²) in [6, 6.07) is 0. The Bertz CT molecular complexity index is 396. The molecule has 0 radical (unpaired) electrons. The zero-order chi connectivity index (χ0) is 15.2. The van der Waals surface area contributed by atoms with Crippen LogP contribution < -0.4 is 0 Å². The first kappa shape index (κ1) is 21.5. The van der Waals surface area contributed by atoms with Gasteiger partial charge < -0.3 is 0 Å². The molecule has 116 valence electrons. The molecule has 0 N–H and O–H groups in total. The SMILES string of the molecule is C.CCC(=O)C(/C(C=O)=C/C(C)(C)C)=C(/SC)C(C)C. The number of rotatable bonds is 6. The minimum absolute atomic E-state index is 0. The third-order valence-electron chi connectivity index (χ3n) is 2.59. The highest BCUT2D eigenvalue weighted by Crippen LogP contribution is 2.32. The van der Waals surface area contributed by atoms with E-state index in [1.165, 1.54) is 0 Å². The van der Waals surface area contributed by atoms with Gasteiger partial charge in [0.15, 0.2) is 12.1 Å². The highest BCUT2D eigenvalue weighted by molar-refractivity contribution is 8.02. The number of hydrogen-bond acceptors (Lipinski definition) is 3. The van der Waals surface area contributed by atoms with Crippen molar-refractivity contribution in [3.05, 3.63) is 22.1 Å². The van der Waals surface area contributed by atoms with Crippen molar-refractivity contribution in [2.45, 2.75) is 55.4 Å². The van der Waals surface area contributed by atoms with E-state index >= 15 is 0 Å². The highest BCUT2D eigenvalue weighted by atomic mass is 32.2. The standard InChI is InChI=1S/C16H26O2S.CH4/c1-8-13(18)14(15(19-7)11(2)3)12(10-17)9-16(4,5)6;/h9-11H,8H2,1-7H3;1H4/b12-9+,15-14+;. The maximum atomic E-state index is 12.2. The topological polar surface area (TPSA) is 34.1 Å². The molecule has 0 aromatic rings.